The van der Waals surface area contributed by atoms with Gasteiger partial charge in [-0.05, 0) is 42.2 Å². The Bertz CT molecular complexity index is 1080. The molecule has 2 aromatic carbocycles. The number of amides is 1. The third kappa shape index (κ3) is 5.14. The van der Waals surface area contributed by atoms with Crippen molar-refractivity contribution in [2.24, 2.45) is 4.99 Å². The Morgan fingerprint density at radius 2 is 1.90 bits per heavy atom. The Labute approximate surface area is 177 Å². The minimum atomic E-state index is -0.396. The first-order valence-corrected chi connectivity index (χ1v) is 11.0. The van der Waals surface area contributed by atoms with Crippen molar-refractivity contribution in [1.82, 2.24) is 4.57 Å². The lowest BCUT2D eigenvalue weighted by Crippen LogP contribution is -2.19. The van der Waals surface area contributed by atoms with Gasteiger partial charge in [0.2, 0.25) is 0 Å². The molecule has 0 atom stereocenters. The van der Waals surface area contributed by atoms with E-state index in [-0.39, 0.29) is 12.3 Å². The average Bonchev–Trinajstić information content (AvgIpc) is 3.07. The van der Waals surface area contributed by atoms with Crippen LogP contribution in [-0.2, 0) is 27.2 Å². The lowest BCUT2D eigenvalue weighted by atomic mass is 10.1. The van der Waals surface area contributed by atoms with Gasteiger partial charge in [0.15, 0.2) is 4.80 Å². The molecule has 0 unspecified atom stereocenters. The van der Waals surface area contributed by atoms with Crippen molar-refractivity contribution in [2.45, 2.75) is 17.9 Å². The molecule has 29 heavy (non-hydrogen) atoms. The van der Waals surface area contributed by atoms with Gasteiger partial charge in [-0.25, -0.2) is 4.79 Å². The minimum absolute atomic E-state index is 0.215. The smallest absolute Gasteiger partial charge is 0.337 e. The van der Waals surface area contributed by atoms with Gasteiger partial charge in [-0.2, -0.15) is 4.99 Å². The molecule has 1 amide bonds. The van der Waals surface area contributed by atoms with E-state index in [0.717, 1.165) is 20.7 Å². The number of hydrogen-bond donors (Lipinski definition) is 0. The van der Waals surface area contributed by atoms with E-state index in [1.54, 1.807) is 31.0 Å². The molecule has 3 aromatic rings. The van der Waals surface area contributed by atoms with Crippen molar-refractivity contribution >= 4 is 45.2 Å². The zero-order valence-corrected chi connectivity index (χ0v) is 18.1. The molecule has 0 bridgehead atoms. The Hall–Kier alpha value is -2.42. The van der Waals surface area contributed by atoms with Crippen LogP contribution in [0, 0.1) is 0 Å². The second kappa shape index (κ2) is 9.87. The summed E-state index contributed by atoms with van der Waals surface area (Å²) in [5, 5.41) is 0. The van der Waals surface area contributed by atoms with Gasteiger partial charge in [0.1, 0.15) is 0 Å². The van der Waals surface area contributed by atoms with Crippen LogP contribution in [0.1, 0.15) is 15.9 Å². The molecule has 152 valence electrons. The molecule has 1 heterocycles. The van der Waals surface area contributed by atoms with E-state index in [1.807, 2.05) is 41.2 Å². The highest BCUT2D eigenvalue weighted by Crippen LogP contribution is 2.20. The van der Waals surface area contributed by atoms with Crippen LogP contribution in [0.4, 0.5) is 0 Å². The van der Waals surface area contributed by atoms with Crippen LogP contribution >= 0.6 is 23.1 Å². The Balaban J connectivity index is 1.96. The average molecular weight is 431 g/mol. The number of ether oxygens (including phenoxy) is 2. The van der Waals surface area contributed by atoms with Crippen LogP contribution in [0.2, 0.25) is 0 Å². The van der Waals surface area contributed by atoms with Crippen molar-refractivity contribution in [3.63, 3.8) is 0 Å². The van der Waals surface area contributed by atoms with E-state index in [1.165, 1.54) is 18.4 Å². The first-order valence-electron chi connectivity index (χ1n) is 8.97. The first kappa shape index (κ1) is 21.3. The fraction of sp³-hybridized carbons (Fsp3) is 0.286. The molecule has 0 spiro atoms. The first-order chi connectivity index (χ1) is 14.0. The fourth-order valence-corrected chi connectivity index (χ4v) is 4.39. The molecular weight excluding hydrogens is 408 g/mol. The van der Waals surface area contributed by atoms with Gasteiger partial charge in [0.25, 0.3) is 5.91 Å². The van der Waals surface area contributed by atoms with Gasteiger partial charge in [-0.1, -0.05) is 23.5 Å². The molecule has 0 saturated carbocycles. The lowest BCUT2D eigenvalue weighted by molar-refractivity contribution is -0.117. The number of esters is 1. The molecule has 3 rings (SSSR count). The third-order valence-electron chi connectivity index (χ3n) is 4.36. The molecule has 1 aromatic heterocycles. The van der Waals surface area contributed by atoms with Gasteiger partial charge >= 0.3 is 5.97 Å². The second-order valence-corrected chi connectivity index (χ2v) is 8.12. The van der Waals surface area contributed by atoms with E-state index in [2.05, 4.69) is 4.99 Å². The maximum atomic E-state index is 12.6. The summed E-state index contributed by atoms with van der Waals surface area (Å²) in [6, 6.07) is 13.2. The Morgan fingerprint density at radius 3 is 2.55 bits per heavy atom. The summed E-state index contributed by atoms with van der Waals surface area (Å²) in [4.78, 5) is 30.5. The highest BCUT2D eigenvalue weighted by Gasteiger charge is 2.12. The zero-order valence-electron chi connectivity index (χ0n) is 16.5. The highest BCUT2D eigenvalue weighted by molar-refractivity contribution is 7.98. The van der Waals surface area contributed by atoms with Crippen LogP contribution in [0.25, 0.3) is 10.2 Å². The molecular formula is C21H22N2O4S2. The third-order valence-corrected chi connectivity index (χ3v) is 6.14. The summed E-state index contributed by atoms with van der Waals surface area (Å²) in [6.45, 7) is 1.05. The number of nitrogens with zero attached hydrogens (tertiary/aromatic N) is 2. The van der Waals surface area contributed by atoms with E-state index >= 15 is 0 Å². The zero-order chi connectivity index (χ0) is 20.8. The number of rotatable bonds is 7. The standard InChI is InChI=1S/C21H22N2O4S2/c1-26-11-10-23-17-9-6-15(20(25)27-2)13-18(17)29-21(23)22-19(24)12-14-4-7-16(28-3)8-5-14/h4-9,13H,10-12H2,1-3H3. The molecule has 0 aliphatic heterocycles. The predicted molar refractivity (Wildman–Crippen MR) is 116 cm³/mol. The number of carbonyl (C=O) groups excluding carboxylic acids is 2. The molecule has 0 aliphatic rings. The summed E-state index contributed by atoms with van der Waals surface area (Å²) in [6.07, 6.45) is 2.25. The van der Waals surface area contributed by atoms with Crippen LogP contribution in [0.5, 0.6) is 0 Å². The topological polar surface area (TPSA) is 69.9 Å². The summed E-state index contributed by atoms with van der Waals surface area (Å²) >= 11 is 3.03. The summed E-state index contributed by atoms with van der Waals surface area (Å²) < 4.78 is 12.8. The van der Waals surface area contributed by atoms with E-state index in [0.29, 0.717) is 23.5 Å². The Kier molecular flexibility index (Phi) is 7.24. The van der Waals surface area contributed by atoms with Crippen molar-refractivity contribution in [1.29, 1.82) is 0 Å². The molecule has 0 aliphatic carbocycles. The van der Waals surface area contributed by atoms with Gasteiger partial charge in [0, 0.05) is 18.6 Å². The molecule has 6 nitrogen and oxygen atoms in total. The van der Waals surface area contributed by atoms with Crippen molar-refractivity contribution in [2.75, 3.05) is 27.1 Å². The van der Waals surface area contributed by atoms with Crippen LogP contribution in [0.15, 0.2) is 52.4 Å². The van der Waals surface area contributed by atoms with Crippen molar-refractivity contribution < 1.29 is 19.1 Å². The summed E-state index contributed by atoms with van der Waals surface area (Å²) in [5.74, 6) is -0.611. The number of carbonyl (C=O) groups is 2. The monoisotopic (exact) mass is 430 g/mol. The van der Waals surface area contributed by atoms with Gasteiger partial charge < -0.3 is 14.0 Å². The van der Waals surface area contributed by atoms with Crippen LogP contribution in [0.3, 0.4) is 0 Å². The highest BCUT2D eigenvalue weighted by atomic mass is 32.2. The normalized spacial score (nSPS) is 11.8. The number of thiazole rings is 1. The van der Waals surface area contributed by atoms with Gasteiger partial charge in [0.05, 0.1) is 35.9 Å². The summed E-state index contributed by atoms with van der Waals surface area (Å²) in [7, 11) is 2.98. The second-order valence-electron chi connectivity index (χ2n) is 6.23. The largest absolute Gasteiger partial charge is 0.465 e. The van der Waals surface area contributed by atoms with Crippen molar-refractivity contribution in [3.8, 4) is 0 Å². The summed E-state index contributed by atoms with van der Waals surface area (Å²) in [5.41, 5.74) is 2.29. The molecule has 0 fully saturated rings. The van der Waals surface area contributed by atoms with Gasteiger partial charge in [-0.15, -0.1) is 11.8 Å². The van der Waals surface area contributed by atoms with E-state index in [4.69, 9.17) is 9.47 Å². The number of benzene rings is 2. The Morgan fingerprint density at radius 1 is 1.14 bits per heavy atom. The number of aromatic nitrogens is 1. The molecule has 8 heteroatoms. The van der Waals surface area contributed by atoms with Gasteiger partial charge in [-0.3, -0.25) is 4.79 Å². The quantitative estimate of drug-likeness (QED) is 0.424. The molecule has 0 radical (unpaired) electrons. The van der Waals surface area contributed by atoms with Crippen LogP contribution < -0.4 is 4.80 Å². The number of thioether (sulfide) groups is 1. The van der Waals surface area contributed by atoms with E-state index in [9.17, 15) is 9.59 Å². The number of methoxy groups -OCH3 is 2. The maximum Gasteiger partial charge on any atom is 0.337 e. The minimum Gasteiger partial charge on any atom is -0.465 e. The maximum absolute atomic E-state index is 12.6. The predicted octanol–water partition coefficient (Wildman–Crippen LogP) is 3.53. The van der Waals surface area contributed by atoms with Crippen molar-refractivity contribution in [3.05, 3.63) is 58.4 Å². The molecule has 0 saturated heterocycles. The lowest BCUT2D eigenvalue weighted by Gasteiger charge is -2.05. The van der Waals surface area contributed by atoms with E-state index < -0.39 is 5.97 Å². The SMILES string of the molecule is COCCn1c(=NC(=O)Cc2ccc(SC)cc2)sc2cc(C(=O)OC)ccc21. The number of fused-ring (bicyclic) bond motifs is 1. The fourth-order valence-electron chi connectivity index (χ4n) is 2.87. The number of hydrogen-bond acceptors (Lipinski definition) is 6. The van der Waals surface area contributed by atoms with Crippen LogP contribution in [-0.4, -0.2) is 43.5 Å². The molecule has 0 N–H and O–H groups in total.